The third kappa shape index (κ3) is 8.10. The second-order valence-electron chi connectivity index (χ2n) is 13.3. The van der Waals surface area contributed by atoms with Crippen molar-refractivity contribution in [2.24, 2.45) is 0 Å². The summed E-state index contributed by atoms with van der Waals surface area (Å²) in [6.07, 6.45) is -0.312. The van der Waals surface area contributed by atoms with Crippen LogP contribution >= 0.6 is 8.53 Å². The number of benzene rings is 3. The number of hydrogen-bond donors (Lipinski definition) is 0. The number of imidazole rings is 1. The van der Waals surface area contributed by atoms with Gasteiger partial charge in [-0.15, -0.1) is 0 Å². The number of nitrogens with zero attached hydrogens (tertiary/aromatic N) is 6. The Labute approximate surface area is 316 Å². The summed E-state index contributed by atoms with van der Waals surface area (Å²) in [5.74, 6) is 1.37. The molecule has 0 amide bonds. The standard InChI is InChI=1S/C40H46FN6O6P/c1-27(2)47(28(3)4)54(51-22-10-21-42)53-37-35(52-39(36(37)41)46-26-45-34-23-43-25-44-38(34)46)24-50-40(29-11-8-7-9-12-29,30-13-17-32(48-5)18-14-30)31-15-19-33(49-6)20-16-31/h7-9,11-20,23,25-28,35-37,39H,10,22,24H2,1-6H3/t35-,36-,37-,39-,54?/m1/s1. The van der Waals surface area contributed by atoms with E-state index in [2.05, 4.69) is 25.7 Å². The van der Waals surface area contributed by atoms with Crippen LogP contribution in [0.1, 0.15) is 57.0 Å². The van der Waals surface area contributed by atoms with Crippen LogP contribution in [0, 0.1) is 11.3 Å². The Hall–Kier alpha value is -4.54. The molecule has 3 aromatic carbocycles. The number of aromatic nitrogens is 4. The number of ether oxygens (including phenoxy) is 4. The number of nitriles is 1. The predicted octanol–water partition coefficient (Wildman–Crippen LogP) is 7.75. The molecular weight excluding hydrogens is 710 g/mol. The first-order chi connectivity index (χ1) is 26.2. The lowest BCUT2D eigenvalue weighted by Gasteiger charge is -2.39. The number of rotatable bonds is 17. The van der Waals surface area contributed by atoms with E-state index in [1.54, 1.807) is 25.0 Å². The van der Waals surface area contributed by atoms with Gasteiger partial charge in [-0.3, -0.25) is 4.57 Å². The van der Waals surface area contributed by atoms with Crippen LogP contribution in [0.25, 0.3) is 11.2 Å². The van der Waals surface area contributed by atoms with E-state index in [1.807, 2.05) is 107 Å². The van der Waals surface area contributed by atoms with Gasteiger partial charge in [0.1, 0.15) is 41.2 Å². The first-order valence-corrected chi connectivity index (χ1v) is 19.0. The quantitative estimate of drug-likeness (QED) is 0.0525. The van der Waals surface area contributed by atoms with E-state index in [9.17, 15) is 5.26 Å². The number of halogens is 1. The van der Waals surface area contributed by atoms with Crippen LogP contribution in [0.3, 0.4) is 0 Å². The SMILES string of the molecule is COc1ccc(C(OC[C@H]2O[C@@H](n3cnc4cncnc43)[C@H](F)[C@@H]2OP(OCCC#N)N(C(C)C)C(C)C)(c2ccccc2)c2ccc(OC)cc2)cc1. The van der Waals surface area contributed by atoms with E-state index in [-0.39, 0.29) is 31.7 Å². The number of methoxy groups -OCH3 is 2. The summed E-state index contributed by atoms with van der Waals surface area (Å²) in [7, 11) is 1.40. The van der Waals surface area contributed by atoms with Gasteiger partial charge in [-0.1, -0.05) is 54.6 Å². The zero-order valence-electron chi connectivity index (χ0n) is 31.3. The van der Waals surface area contributed by atoms with Crippen LogP contribution in [-0.4, -0.2) is 82.1 Å². The van der Waals surface area contributed by atoms with Crippen molar-refractivity contribution in [3.63, 3.8) is 0 Å². The molecule has 1 fully saturated rings. The zero-order chi connectivity index (χ0) is 38.2. The summed E-state index contributed by atoms with van der Waals surface area (Å²) in [6.45, 7) is 8.15. The molecule has 0 spiro atoms. The Balaban J connectivity index is 1.45. The molecule has 6 rings (SSSR count). The van der Waals surface area contributed by atoms with Crippen molar-refractivity contribution in [1.29, 1.82) is 5.26 Å². The second kappa shape index (κ2) is 17.7. The molecule has 5 aromatic rings. The van der Waals surface area contributed by atoms with Crippen molar-refractivity contribution in [3.05, 3.63) is 114 Å². The summed E-state index contributed by atoms with van der Waals surface area (Å²) in [4.78, 5) is 12.9. The fraction of sp³-hybridized carbons (Fsp3) is 0.400. The molecule has 1 saturated heterocycles. The second-order valence-corrected chi connectivity index (χ2v) is 14.7. The first-order valence-electron chi connectivity index (χ1n) is 17.9. The number of alkyl halides is 1. The minimum Gasteiger partial charge on any atom is -0.497 e. The Morgan fingerprint density at radius 3 is 2.09 bits per heavy atom. The third-order valence-corrected chi connectivity index (χ3v) is 11.4. The Morgan fingerprint density at radius 1 is 0.907 bits per heavy atom. The Bertz CT molecular complexity index is 1920. The maximum absolute atomic E-state index is 17.2. The molecular formula is C40H46FN6O6P. The third-order valence-electron chi connectivity index (χ3n) is 9.29. The van der Waals surface area contributed by atoms with Gasteiger partial charge in [0.05, 0.1) is 52.4 Å². The van der Waals surface area contributed by atoms with E-state index >= 15 is 4.39 Å². The molecule has 0 radical (unpaired) electrons. The van der Waals surface area contributed by atoms with Crippen LogP contribution in [-0.2, 0) is 24.1 Å². The van der Waals surface area contributed by atoms with Crippen molar-refractivity contribution in [2.75, 3.05) is 27.4 Å². The van der Waals surface area contributed by atoms with Gasteiger partial charge >= 0.3 is 0 Å². The van der Waals surface area contributed by atoms with Crippen LogP contribution in [0.15, 0.2) is 97.7 Å². The molecule has 1 aliphatic heterocycles. The lowest BCUT2D eigenvalue weighted by Crippen LogP contribution is -2.41. The largest absolute Gasteiger partial charge is 0.497 e. The summed E-state index contributed by atoms with van der Waals surface area (Å²) < 4.78 is 58.7. The minimum absolute atomic E-state index is 0.00533. The van der Waals surface area contributed by atoms with E-state index in [0.717, 1.165) is 16.7 Å². The Morgan fingerprint density at radius 2 is 1.52 bits per heavy atom. The molecule has 3 heterocycles. The number of hydrogen-bond acceptors (Lipinski definition) is 11. The summed E-state index contributed by atoms with van der Waals surface area (Å²) in [6, 6.07) is 27.4. The predicted molar refractivity (Wildman–Crippen MR) is 202 cm³/mol. The van der Waals surface area contributed by atoms with Gasteiger partial charge in [-0.25, -0.2) is 24.0 Å². The van der Waals surface area contributed by atoms with E-state index < -0.39 is 38.7 Å². The van der Waals surface area contributed by atoms with Gasteiger partial charge in [0, 0.05) is 12.1 Å². The molecule has 0 bridgehead atoms. The molecule has 284 valence electrons. The summed E-state index contributed by atoms with van der Waals surface area (Å²) in [5.41, 5.74) is 2.20. The highest BCUT2D eigenvalue weighted by Crippen LogP contribution is 2.51. The molecule has 5 atom stereocenters. The molecule has 1 unspecified atom stereocenters. The lowest BCUT2D eigenvalue weighted by molar-refractivity contribution is -0.0919. The molecule has 0 aliphatic carbocycles. The molecule has 0 saturated carbocycles. The average Bonchev–Trinajstić information content (AvgIpc) is 3.75. The molecule has 12 nitrogen and oxygen atoms in total. The maximum atomic E-state index is 17.2. The van der Waals surface area contributed by atoms with Crippen LogP contribution in [0.2, 0.25) is 0 Å². The van der Waals surface area contributed by atoms with E-state index in [1.165, 1.54) is 12.7 Å². The molecule has 1 aliphatic rings. The lowest BCUT2D eigenvalue weighted by atomic mass is 9.80. The maximum Gasteiger partial charge on any atom is 0.259 e. The molecule has 0 N–H and O–H groups in total. The van der Waals surface area contributed by atoms with Crippen molar-refractivity contribution >= 4 is 19.7 Å². The topological polar surface area (TPSA) is 126 Å². The normalized spacial score (nSPS) is 19.4. The fourth-order valence-corrected chi connectivity index (χ4v) is 8.59. The van der Waals surface area contributed by atoms with E-state index in [4.69, 9.17) is 28.0 Å². The Kier molecular flexibility index (Phi) is 12.9. The molecule has 2 aromatic heterocycles. The highest BCUT2D eigenvalue weighted by molar-refractivity contribution is 7.44. The number of fused-ring (bicyclic) bond motifs is 1. The molecule has 14 heteroatoms. The van der Waals surface area contributed by atoms with Gasteiger partial charge in [0.2, 0.25) is 0 Å². The summed E-state index contributed by atoms with van der Waals surface area (Å²) >= 11 is 0. The average molecular weight is 757 g/mol. The van der Waals surface area contributed by atoms with Crippen molar-refractivity contribution in [3.8, 4) is 17.6 Å². The minimum atomic E-state index is -1.84. The molecule has 54 heavy (non-hydrogen) atoms. The van der Waals surface area contributed by atoms with Crippen molar-refractivity contribution in [1.82, 2.24) is 24.2 Å². The van der Waals surface area contributed by atoms with Gasteiger partial charge in [-0.05, 0) is 68.7 Å². The highest BCUT2D eigenvalue weighted by atomic mass is 31.2. The first kappa shape index (κ1) is 39.2. The monoisotopic (exact) mass is 756 g/mol. The zero-order valence-corrected chi connectivity index (χ0v) is 32.2. The van der Waals surface area contributed by atoms with Crippen LogP contribution in [0.4, 0.5) is 4.39 Å². The van der Waals surface area contributed by atoms with E-state index in [0.29, 0.717) is 22.7 Å². The van der Waals surface area contributed by atoms with Crippen molar-refractivity contribution in [2.45, 2.75) is 76.4 Å². The highest BCUT2D eigenvalue weighted by Gasteiger charge is 2.51. The smallest absolute Gasteiger partial charge is 0.259 e. The van der Waals surface area contributed by atoms with Crippen LogP contribution < -0.4 is 9.47 Å². The fourth-order valence-electron chi connectivity index (χ4n) is 6.83. The van der Waals surface area contributed by atoms with Gasteiger partial charge in [0.15, 0.2) is 18.0 Å². The summed E-state index contributed by atoms with van der Waals surface area (Å²) in [5, 5.41) is 9.31. The van der Waals surface area contributed by atoms with Crippen molar-refractivity contribution < 1.29 is 32.4 Å². The van der Waals surface area contributed by atoms with Gasteiger partial charge < -0.3 is 28.0 Å². The van der Waals surface area contributed by atoms with Crippen LogP contribution in [0.5, 0.6) is 11.5 Å². The van der Waals surface area contributed by atoms with Gasteiger partial charge in [0.25, 0.3) is 8.53 Å². The van der Waals surface area contributed by atoms with Gasteiger partial charge in [-0.2, -0.15) is 5.26 Å².